The fourth-order valence-corrected chi connectivity index (χ4v) is 4.84. The van der Waals surface area contributed by atoms with E-state index in [0.717, 1.165) is 35.4 Å². The molecule has 194 valence electrons. The van der Waals surface area contributed by atoms with Crippen LogP contribution in [0.4, 0.5) is 5.69 Å². The lowest BCUT2D eigenvalue weighted by Crippen LogP contribution is -2.42. The molecule has 1 aliphatic rings. The van der Waals surface area contributed by atoms with Gasteiger partial charge in [0, 0.05) is 56.6 Å². The van der Waals surface area contributed by atoms with E-state index in [-0.39, 0.29) is 18.5 Å². The van der Waals surface area contributed by atoms with Gasteiger partial charge in [0.15, 0.2) is 6.29 Å². The van der Waals surface area contributed by atoms with Crippen LogP contribution in [0.2, 0.25) is 0 Å². The molecule has 1 fully saturated rings. The minimum atomic E-state index is -1.06. The molecule has 0 bridgehead atoms. The Bertz CT molecular complexity index is 1330. The number of rotatable bonds is 8. The number of carbonyl (C=O) groups is 1. The summed E-state index contributed by atoms with van der Waals surface area (Å²) in [6, 6.07) is 18.7. The van der Waals surface area contributed by atoms with Crippen LogP contribution >= 0.6 is 0 Å². The molecule has 3 aromatic rings. The number of nitrogens with one attached hydrogen (secondary N) is 1. The van der Waals surface area contributed by atoms with Crippen molar-refractivity contribution in [3.63, 3.8) is 0 Å². The average molecular weight is 503 g/mol. The van der Waals surface area contributed by atoms with Gasteiger partial charge in [-0.05, 0) is 66.6 Å². The Kier molecular flexibility index (Phi) is 8.29. The van der Waals surface area contributed by atoms with Gasteiger partial charge in [0.05, 0.1) is 12.2 Å². The van der Waals surface area contributed by atoms with Crippen LogP contribution in [0.1, 0.15) is 32.4 Å². The van der Waals surface area contributed by atoms with Gasteiger partial charge in [-0.25, -0.2) is 0 Å². The normalized spacial score (nSPS) is 20.0. The lowest BCUT2D eigenvalue weighted by Gasteiger charge is -2.30. The number of aliphatic hydroxyl groups excluding tert-OH is 2. The third kappa shape index (κ3) is 6.03. The highest BCUT2D eigenvalue weighted by molar-refractivity contribution is 6.01. The molecule has 0 radical (unpaired) electrons. The van der Waals surface area contributed by atoms with Gasteiger partial charge in [-0.2, -0.15) is 5.26 Å². The highest BCUT2D eigenvalue weighted by atomic mass is 16.6. The first-order valence-electron chi connectivity index (χ1n) is 12.7. The standard InChI is InChI=1S/C29H34N4O4/c1-4-33(5-2)24-9-8-19-12-21(7-6-20(19)13-24)27-11-10-23(32(27)3)14-22(17-30)29(36)31-18-26-15-25(34)16-28(35)37-26/h6-14,25-26,28,34-35H,4-5,15-16,18H2,1-3H3,(H,31,36)/b22-14+. The molecule has 2 aromatic carbocycles. The Morgan fingerprint density at radius 3 is 2.57 bits per heavy atom. The number of amides is 1. The zero-order valence-corrected chi connectivity index (χ0v) is 21.5. The van der Waals surface area contributed by atoms with Gasteiger partial charge in [0.25, 0.3) is 5.91 Å². The van der Waals surface area contributed by atoms with Crippen LogP contribution in [0.25, 0.3) is 28.1 Å². The van der Waals surface area contributed by atoms with Crippen molar-refractivity contribution in [2.75, 3.05) is 24.5 Å². The largest absolute Gasteiger partial charge is 0.393 e. The minimum Gasteiger partial charge on any atom is -0.393 e. The molecule has 4 rings (SSSR count). The quantitative estimate of drug-likeness (QED) is 0.321. The molecule has 8 heteroatoms. The SMILES string of the molecule is CCN(CC)c1ccc2cc(-c3ccc(/C=C(\C#N)C(=O)NCC4CC(O)CC(O)O4)n3C)ccc2c1. The summed E-state index contributed by atoms with van der Waals surface area (Å²) in [5.74, 6) is -0.530. The van der Waals surface area contributed by atoms with Crippen molar-refractivity contribution in [1.29, 1.82) is 5.26 Å². The lowest BCUT2D eigenvalue weighted by molar-refractivity contribution is -0.187. The number of nitriles is 1. The predicted molar refractivity (Wildman–Crippen MR) is 145 cm³/mol. The van der Waals surface area contributed by atoms with Gasteiger partial charge < -0.3 is 29.7 Å². The van der Waals surface area contributed by atoms with Gasteiger partial charge >= 0.3 is 0 Å². The highest BCUT2D eigenvalue weighted by Gasteiger charge is 2.27. The van der Waals surface area contributed by atoms with Gasteiger partial charge in [-0.1, -0.05) is 18.2 Å². The number of anilines is 1. The smallest absolute Gasteiger partial charge is 0.262 e. The Hall–Kier alpha value is -3.64. The number of hydrogen-bond donors (Lipinski definition) is 3. The maximum Gasteiger partial charge on any atom is 0.262 e. The maximum atomic E-state index is 12.6. The van der Waals surface area contributed by atoms with Gasteiger partial charge in [0.2, 0.25) is 0 Å². The van der Waals surface area contributed by atoms with E-state index in [1.807, 2.05) is 29.8 Å². The number of aliphatic hydroxyl groups is 2. The van der Waals surface area contributed by atoms with E-state index >= 15 is 0 Å². The predicted octanol–water partition coefficient (Wildman–Crippen LogP) is 3.57. The van der Waals surface area contributed by atoms with E-state index < -0.39 is 24.4 Å². The number of hydrogen-bond acceptors (Lipinski definition) is 6. The molecule has 37 heavy (non-hydrogen) atoms. The van der Waals surface area contributed by atoms with Crippen molar-refractivity contribution in [2.24, 2.45) is 7.05 Å². The molecule has 1 amide bonds. The second-order valence-electron chi connectivity index (χ2n) is 9.34. The van der Waals surface area contributed by atoms with E-state index in [9.17, 15) is 20.3 Å². The van der Waals surface area contributed by atoms with Gasteiger partial charge in [-0.15, -0.1) is 0 Å². The molecule has 1 saturated heterocycles. The number of aromatic nitrogens is 1. The first kappa shape index (κ1) is 26.4. The van der Waals surface area contributed by atoms with Crippen LogP contribution in [-0.4, -0.2) is 58.8 Å². The monoisotopic (exact) mass is 502 g/mol. The van der Waals surface area contributed by atoms with Crippen LogP contribution in [0.3, 0.4) is 0 Å². The summed E-state index contributed by atoms with van der Waals surface area (Å²) in [6.07, 6.45) is -0.233. The second-order valence-corrected chi connectivity index (χ2v) is 9.34. The molecule has 3 N–H and O–H groups in total. The molecule has 3 atom stereocenters. The number of ether oxygens (including phenoxy) is 1. The van der Waals surface area contributed by atoms with Crippen molar-refractivity contribution in [1.82, 2.24) is 9.88 Å². The van der Waals surface area contributed by atoms with Crippen LogP contribution in [0.5, 0.6) is 0 Å². The Balaban J connectivity index is 1.50. The van der Waals surface area contributed by atoms with E-state index in [2.05, 4.69) is 60.5 Å². The first-order chi connectivity index (χ1) is 17.8. The molecule has 2 heterocycles. The molecule has 1 aliphatic heterocycles. The highest BCUT2D eigenvalue weighted by Crippen LogP contribution is 2.29. The average Bonchev–Trinajstić information content (AvgIpc) is 3.25. The third-order valence-corrected chi connectivity index (χ3v) is 6.91. The summed E-state index contributed by atoms with van der Waals surface area (Å²) >= 11 is 0. The number of benzene rings is 2. The Labute approximate surface area is 217 Å². The van der Waals surface area contributed by atoms with E-state index in [1.165, 1.54) is 11.1 Å². The zero-order chi connectivity index (χ0) is 26.5. The molecule has 8 nitrogen and oxygen atoms in total. The summed E-state index contributed by atoms with van der Waals surface area (Å²) in [5.41, 5.74) is 3.91. The molecule has 0 saturated carbocycles. The topological polar surface area (TPSA) is 111 Å². The Morgan fingerprint density at radius 2 is 1.86 bits per heavy atom. The number of fused-ring (bicyclic) bond motifs is 1. The van der Waals surface area contributed by atoms with Crippen molar-refractivity contribution in [3.05, 3.63) is 59.8 Å². The molecule has 0 aliphatic carbocycles. The molecular weight excluding hydrogens is 468 g/mol. The number of nitrogens with zero attached hydrogens (tertiary/aromatic N) is 3. The van der Waals surface area contributed by atoms with Crippen LogP contribution in [0.15, 0.2) is 54.1 Å². The molecular formula is C29H34N4O4. The summed E-state index contributed by atoms with van der Waals surface area (Å²) in [7, 11) is 1.90. The maximum absolute atomic E-state index is 12.6. The number of carbonyl (C=O) groups excluding carboxylic acids is 1. The van der Waals surface area contributed by atoms with Crippen LogP contribution < -0.4 is 10.2 Å². The molecule has 1 aromatic heterocycles. The van der Waals surface area contributed by atoms with Crippen LogP contribution in [-0.2, 0) is 16.6 Å². The Morgan fingerprint density at radius 1 is 1.14 bits per heavy atom. The molecule has 3 unspecified atom stereocenters. The van der Waals surface area contributed by atoms with E-state index in [4.69, 9.17) is 4.74 Å². The summed E-state index contributed by atoms with van der Waals surface area (Å²) in [4.78, 5) is 15.0. The third-order valence-electron chi connectivity index (χ3n) is 6.91. The summed E-state index contributed by atoms with van der Waals surface area (Å²) in [5, 5.41) is 34.0. The second kappa shape index (κ2) is 11.6. The lowest BCUT2D eigenvalue weighted by atomic mass is 10.0. The first-order valence-corrected chi connectivity index (χ1v) is 12.7. The zero-order valence-electron chi connectivity index (χ0n) is 21.5. The van der Waals surface area contributed by atoms with Gasteiger partial charge in [0.1, 0.15) is 11.6 Å². The van der Waals surface area contributed by atoms with Crippen molar-refractivity contribution < 1.29 is 19.7 Å². The van der Waals surface area contributed by atoms with Crippen molar-refractivity contribution >= 4 is 28.4 Å². The van der Waals surface area contributed by atoms with Crippen LogP contribution in [0, 0.1) is 11.3 Å². The van der Waals surface area contributed by atoms with Crippen molar-refractivity contribution in [3.8, 4) is 17.3 Å². The summed E-state index contributed by atoms with van der Waals surface area (Å²) in [6.45, 7) is 6.33. The van der Waals surface area contributed by atoms with E-state index in [1.54, 1.807) is 6.08 Å². The van der Waals surface area contributed by atoms with Crippen molar-refractivity contribution in [2.45, 2.75) is 45.2 Å². The summed E-state index contributed by atoms with van der Waals surface area (Å²) < 4.78 is 7.29. The van der Waals surface area contributed by atoms with E-state index in [0.29, 0.717) is 6.42 Å². The minimum absolute atomic E-state index is 0.0351. The fraction of sp³-hybridized carbons (Fsp3) is 0.379. The fourth-order valence-electron chi connectivity index (χ4n) is 4.84. The molecule has 0 spiro atoms. The van der Waals surface area contributed by atoms with Gasteiger partial charge in [-0.3, -0.25) is 4.79 Å².